The molecule has 0 aliphatic heterocycles. The summed E-state index contributed by atoms with van der Waals surface area (Å²) < 4.78 is 0. The lowest BCUT2D eigenvalue weighted by Crippen LogP contribution is -1.90. The molecule has 124 valence electrons. The molecule has 1 aromatic rings. The molecular formula is C22H36. The minimum absolute atomic E-state index is 1.17. The molecule has 0 heterocycles. The van der Waals surface area contributed by atoms with Crippen LogP contribution in [0.25, 0.3) is 0 Å². The molecule has 0 saturated heterocycles. The zero-order valence-corrected chi connectivity index (χ0v) is 14.8. The topological polar surface area (TPSA) is 0 Å². The Balaban J connectivity index is 2.08. The van der Waals surface area contributed by atoms with Gasteiger partial charge in [0.05, 0.1) is 0 Å². The summed E-state index contributed by atoms with van der Waals surface area (Å²) in [6.45, 7) is 6.05. The second kappa shape index (κ2) is 13.6. The third-order valence-electron chi connectivity index (χ3n) is 4.47. The summed E-state index contributed by atoms with van der Waals surface area (Å²) in [7, 11) is 0. The van der Waals surface area contributed by atoms with Crippen LogP contribution in [0.1, 0.15) is 88.7 Å². The van der Waals surface area contributed by atoms with Crippen LogP contribution < -0.4 is 0 Å². The van der Waals surface area contributed by atoms with E-state index in [1.165, 1.54) is 94.6 Å². The fourth-order valence-electron chi connectivity index (χ4n) is 2.95. The Labute approximate surface area is 139 Å². The van der Waals surface area contributed by atoms with Crippen LogP contribution in [0.2, 0.25) is 0 Å². The molecule has 0 aliphatic rings. The Hall–Kier alpha value is -1.04. The first-order chi connectivity index (χ1) is 10.9. The predicted molar refractivity (Wildman–Crippen MR) is 101 cm³/mol. The molecule has 0 atom stereocenters. The normalized spacial score (nSPS) is 10.8. The summed E-state index contributed by atoms with van der Waals surface area (Å²) in [5.74, 6) is 0. The fraction of sp³-hybridized carbons (Fsp3) is 0.636. The summed E-state index contributed by atoms with van der Waals surface area (Å²) in [5.41, 5.74) is 3.03. The van der Waals surface area contributed by atoms with E-state index >= 15 is 0 Å². The van der Waals surface area contributed by atoms with Crippen LogP contribution in [0, 0.1) is 0 Å². The Morgan fingerprint density at radius 2 is 1.14 bits per heavy atom. The van der Waals surface area contributed by atoms with Crippen LogP contribution in [0.4, 0.5) is 0 Å². The zero-order valence-electron chi connectivity index (χ0n) is 14.8. The van der Waals surface area contributed by atoms with Gasteiger partial charge in [-0.1, -0.05) is 82.2 Å². The van der Waals surface area contributed by atoms with Crippen molar-refractivity contribution in [2.75, 3.05) is 0 Å². The second-order valence-corrected chi connectivity index (χ2v) is 6.58. The van der Waals surface area contributed by atoms with Crippen molar-refractivity contribution in [1.82, 2.24) is 0 Å². The molecule has 0 N–H and O–H groups in total. The summed E-state index contributed by atoms with van der Waals surface area (Å²) in [6.07, 6.45) is 19.4. The van der Waals surface area contributed by atoms with E-state index in [1.54, 1.807) is 0 Å². The van der Waals surface area contributed by atoms with Crippen LogP contribution >= 0.6 is 0 Å². The quantitative estimate of drug-likeness (QED) is 0.250. The van der Waals surface area contributed by atoms with Crippen molar-refractivity contribution in [2.45, 2.75) is 90.4 Å². The average molecular weight is 301 g/mol. The Kier molecular flexibility index (Phi) is 11.8. The molecule has 0 bridgehead atoms. The molecule has 0 unspecified atom stereocenters. The highest BCUT2D eigenvalue weighted by Gasteiger charge is 1.97. The molecule has 0 fully saturated rings. The van der Waals surface area contributed by atoms with Gasteiger partial charge in [0.15, 0.2) is 0 Å². The van der Waals surface area contributed by atoms with Gasteiger partial charge >= 0.3 is 0 Å². The molecule has 1 rings (SSSR count). The standard InChI is InChI=1S/C22H36/c1-3-5-7-9-11-13-15-21-17-19-22(20-18-21)16-14-12-10-8-6-4-2/h3,17-20H,1,4-16H2,2H3. The maximum Gasteiger partial charge on any atom is -0.0279 e. The van der Waals surface area contributed by atoms with E-state index in [4.69, 9.17) is 0 Å². The lowest BCUT2D eigenvalue weighted by molar-refractivity contribution is 0.607. The maximum absolute atomic E-state index is 3.77. The van der Waals surface area contributed by atoms with Crippen molar-refractivity contribution < 1.29 is 0 Å². The zero-order chi connectivity index (χ0) is 15.9. The molecule has 0 amide bonds. The van der Waals surface area contributed by atoms with E-state index in [2.05, 4.69) is 37.8 Å². The van der Waals surface area contributed by atoms with E-state index in [0.717, 1.165) is 0 Å². The number of hydrogen-bond donors (Lipinski definition) is 0. The van der Waals surface area contributed by atoms with Gasteiger partial charge in [-0.3, -0.25) is 0 Å². The molecule has 0 nitrogen and oxygen atoms in total. The van der Waals surface area contributed by atoms with Gasteiger partial charge in [-0.25, -0.2) is 0 Å². The molecule has 0 radical (unpaired) electrons. The molecule has 0 aliphatic carbocycles. The molecule has 0 spiro atoms. The van der Waals surface area contributed by atoms with Gasteiger partial charge in [-0.2, -0.15) is 0 Å². The molecule has 0 heteroatoms. The number of rotatable bonds is 14. The third kappa shape index (κ3) is 9.82. The fourth-order valence-corrected chi connectivity index (χ4v) is 2.95. The summed E-state index contributed by atoms with van der Waals surface area (Å²) in [4.78, 5) is 0. The summed E-state index contributed by atoms with van der Waals surface area (Å²) in [6, 6.07) is 9.38. The predicted octanol–water partition coefficient (Wildman–Crippen LogP) is 7.27. The van der Waals surface area contributed by atoms with E-state index < -0.39 is 0 Å². The SMILES string of the molecule is C=CCCCCCCc1ccc(CCCCCCCC)cc1. The monoisotopic (exact) mass is 300 g/mol. The first-order valence-corrected chi connectivity index (χ1v) is 9.55. The molecule has 0 aromatic heterocycles. The van der Waals surface area contributed by atoms with Crippen LogP contribution in [0.5, 0.6) is 0 Å². The lowest BCUT2D eigenvalue weighted by Gasteiger charge is -2.05. The molecule has 0 saturated carbocycles. The van der Waals surface area contributed by atoms with Crippen LogP contribution in [0.3, 0.4) is 0 Å². The number of allylic oxidation sites excluding steroid dienone is 1. The van der Waals surface area contributed by atoms with Crippen molar-refractivity contribution in [3.8, 4) is 0 Å². The van der Waals surface area contributed by atoms with Gasteiger partial charge < -0.3 is 0 Å². The van der Waals surface area contributed by atoms with Crippen molar-refractivity contribution in [3.05, 3.63) is 48.0 Å². The van der Waals surface area contributed by atoms with Gasteiger partial charge in [-0.05, 0) is 49.7 Å². The Morgan fingerprint density at radius 3 is 1.64 bits per heavy atom. The van der Waals surface area contributed by atoms with Gasteiger partial charge in [0.1, 0.15) is 0 Å². The summed E-state index contributed by atoms with van der Waals surface area (Å²) in [5, 5.41) is 0. The van der Waals surface area contributed by atoms with Gasteiger partial charge in [-0.15, -0.1) is 6.58 Å². The molecule has 1 aromatic carbocycles. The highest BCUT2D eigenvalue weighted by molar-refractivity contribution is 5.22. The first kappa shape index (κ1) is 19.0. The molecule has 22 heavy (non-hydrogen) atoms. The van der Waals surface area contributed by atoms with E-state index in [0.29, 0.717) is 0 Å². The number of hydrogen-bond acceptors (Lipinski definition) is 0. The average Bonchev–Trinajstić information content (AvgIpc) is 2.55. The smallest absolute Gasteiger partial charge is 0.0279 e. The van der Waals surface area contributed by atoms with Crippen molar-refractivity contribution in [1.29, 1.82) is 0 Å². The van der Waals surface area contributed by atoms with Crippen molar-refractivity contribution in [3.63, 3.8) is 0 Å². The number of aryl methyl sites for hydroxylation is 2. The van der Waals surface area contributed by atoms with E-state index in [-0.39, 0.29) is 0 Å². The van der Waals surface area contributed by atoms with Gasteiger partial charge in [0.25, 0.3) is 0 Å². The minimum Gasteiger partial charge on any atom is -0.103 e. The second-order valence-electron chi connectivity index (χ2n) is 6.58. The largest absolute Gasteiger partial charge is 0.103 e. The highest BCUT2D eigenvalue weighted by Crippen LogP contribution is 2.13. The number of benzene rings is 1. The van der Waals surface area contributed by atoms with Gasteiger partial charge in [0.2, 0.25) is 0 Å². The van der Waals surface area contributed by atoms with Gasteiger partial charge in [0, 0.05) is 0 Å². The number of unbranched alkanes of at least 4 members (excludes halogenated alkanes) is 9. The summed E-state index contributed by atoms with van der Waals surface area (Å²) >= 11 is 0. The maximum atomic E-state index is 3.77. The van der Waals surface area contributed by atoms with Crippen molar-refractivity contribution in [2.24, 2.45) is 0 Å². The first-order valence-electron chi connectivity index (χ1n) is 9.55. The highest BCUT2D eigenvalue weighted by atomic mass is 14.0. The Bertz CT molecular complexity index is 360. The third-order valence-corrected chi connectivity index (χ3v) is 4.47. The lowest BCUT2D eigenvalue weighted by atomic mass is 10.0. The van der Waals surface area contributed by atoms with Crippen LogP contribution in [-0.2, 0) is 12.8 Å². The van der Waals surface area contributed by atoms with E-state index in [1.807, 2.05) is 6.08 Å². The van der Waals surface area contributed by atoms with Crippen molar-refractivity contribution >= 4 is 0 Å². The Morgan fingerprint density at radius 1 is 0.682 bits per heavy atom. The van der Waals surface area contributed by atoms with E-state index in [9.17, 15) is 0 Å². The minimum atomic E-state index is 1.17. The van der Waals surface area contributed by atoms with Crippen LogP contribution in [-0.4, -0.2) is 0 Å². The molecular weight excluding hydrogens is 264 g/mol. The van der Waals surface area contributed by atoms with Crippen LogP contribution in [0.15, 0.2) is 36.9 Å².